The lowest BCUT2D eigenvalue weighted by Crippen LogP contribution is -2.34. The highest BCUT2D eigenvalue weighted by molar-refractivity contribution is 5.85. The summed E-state index contributed by atoms with van der Waals surface area (Å²) >= 11 is 0. The molecule has 1 aromatic rings. The summed E-state index contributed by atoms with van der Waals surface area (Å²) in [5.74, 6) is 0.000468. The van der Waals surface area contributed by atoms with E-state index in [2.05, 4.69) is 9.88 Å². The van der Waals surface area contributed by atoms with Gasteiger partial charge >= 0.3 is 11.9 Å². The monoisotopic (exact) mass is 375 g/mol. The normalized spacial score (nSPS) is 29.6. The fourth-order valence-corrected chi connectivity index (χ4v) is 5.56. The first-order valence-corrected chi connectivity index (χ1v) is 9.86. The fourth-order valence-electron chi connectivity index (χ4n) is 5.56. The summed E-state index contributed by atoms with van der Waals surface area (Å²) in [6.07, 6.45) is 7.22. The zero-order valence-electron chi connectivity index (χ0n) is 16.5. The number of hydrogen-bond donors (Lipinski definition) is 0. The molecule has 0 atom stereocenters. The van der Waals surface area contributed by atoms with Gasteiger partial charge in [0.1, 0.15) is 0 Å². The van der Waals surface area contributed by atoms with E-state index in [0.29, 0.717) is 11.2 Å². The number of nitrogens with zero attached hydrogens (tertiary/aromatic N) is 3. The van der Waals surface area contributed by atoms with Gasteiger partial charge in [0.2, 0.25) is 5.82 Å². The van der Waals surface area contributed by atoms with E-state index in [1.807, 2.05) is 11.6 Å². The minimum absolute atomic E-state index is 0.00489. The standard InChI is InChI=1S/C20H29N3O4/c1-22-15-12-23(10-4-14(15)21-16(22)17(24)26-2)11-9-19-5-7-20(13-19,8-6-19)18(25)27-3/h4-13H2,1-3H3. The summed E-state index contributed by atoms with van der Waals surface area (Å²) in [4.78, 5) is 31.0. The van der Waals surface area contributed by atoms with Crippen molar-refractivity contribution in [2.45, 2.75) is 51.5 Å². The minimum Gasteiger partial charge on any atom is -0.469 e. The Morgan fingerprint density at radius 2 is 1.89 bits per heavy atom. The van der Waals surface area contributed by atoms with Crippen molar-refractivity contribution >= 4 is 11.9 Å². The van der Waals surface area contributed by atoms with E-state index in [4.69, 9.17) is 9.47 Å². The molecule has 2 bridgehead atoms. The second-order valence-electron chi connectivity index (χ2n) is 8.60. The number of fused-ring (bicyclic) bond motifs is 3. The van der Waals surface area contributed by atoms with E-state index in [0.717, 1.165) is 76.0 Å². The first-order valence-electron chi connectivity index (χ1n) is 9.86. The van der Waals surface area contributed by atoms with E-state index in [1.165, 1.54) is 14.2 Å². The highest BCUT2D eigenvalue weighted by Crippen LogP contribution is 2.63. The predicted molar refractivity (Wildman–Crippen MR) is 98.1 cm³/mol. The molecular formula is C20H29N3O4. The fraction of sp³-hybridized carbons (Fsp3) is 0.750. The molecule has 2 saturated carbocycles. The van der Waals surface area contributed by atoms with Gasteiger partial charge in [0.15, 0.2) is 0 Å². The third-order valence-corrected chi connectivity index (χ3v) is 7.26. The van der Waals surface area contributed by atoms with Gasteiger partial charge in [-0.05, 0) is 50.5 Å². The van der Waals surface area contributed by atoms with Crippen LogP contribution in [-0.2, 0) is 34.3 Å². The third-order valence-electron chi connectivity index (χ3n) is 7.26. The minimum atomic E-state index is -0.381. The van der Waals surface area contributed by atoms with Crippen LogP contribution in [0.3, 0.4) is 0 Å². The summed E-state index contributed by atoms with van der Waals surface area (Å²) in [6, 6.07) is 0. The van der Waals surface area contributed by atoms with Crippen molar-refractivity contribution in [2.24, 2.45) is 17.9 Å². The molecule has 0 radical (unpaired) electrons. The molecule has 2 fully saturated rings. The van der Waals surface area contributed by atoms with Gasteiger partial charge in [0.05, 0.1) is 31.0 Å². The maximum absolute atomic E-state index is 12.2. The molecule has 0 N–H and O–H groups in total. The maximum atomic E-state index is 12.2. The topological polar surface area (TPSA) is 73.7 Å². The molecule has 0 spiro atoms. The maximum Gasteiger partial charge on any atom is 0.374 e. The lowest BCUT2D eigenvalue weighted by Gasteiger charge is -2.32. The predicted octanol–water partition coefficient (Wildman–Crippen LogP) is 2.08. The smallest absolute Gasteiger partial charge is 0.374 e. The second-order valence-corrected chi connectivity index (χ2v) is 8.60. The van der Waals surface area contributed by atoms with Crippen molar-refractivity contribution in [1.82, 2.24) is 14.5 Å². The van der Waals surface area contributed by atoms with Crippen LogP contribution in [0.15, 0.2) is 0 Å². The number of carbonyl (C=O) groups excluding carboxylic acids is 2. The van der Waals surface area contributed by atoms with Crippen molar-refractivity contribution < 1.29 is 19.1 Å². The van der Waals surface area contributed by atoms with Crippen LogP contribution >= 0.6 is 0 Å². The van der Waals surface area contributed by atoms with E-state index in [1.54, 1.807) is 0 Å². The van der Waals surface area contributed by atoms with Crippen LogP contribution in [0, 0.1) is 10.8 Å². The van der Waals surface area contributed by atoms with Gasteiger partial charge < -0.3 is 14.0 Å². The molecule has 0 amide bonds. The number of esters is 2. The Hall–Kier alpha value is -1.89. The summed E-state index contributed by atoms with van der Waals surface area (Å²) < 4.78 is 11.8. The van der Waals surface area contributed by atoms with Crippen LogP contribution in [0.4, 0.5) is 0 Å². The molecule has 3 aliphatic rings. The van der Waals surface area contributed by atoms with Gasteiger partial charge in [-0.3, -0.25) is 9.69 Å². The molecule has 4 rings (SSSR count). The molecule has 2 heterocycles. The van der Waals surface area contributed by atoms with Crippen LogP contribution in [0.1, 0.15) is 60.5 Å². The lowest BCUT2D eigenvalue weighted by molar-refractivity contribution is -0.152. The third kappa shape index (κ3) is 2.96. The SMILES string of the molecule is COC(=O)c1nc2c(n1C)CN(CCC13CCC(C(=O)OC)(CC1)C3)CC2. The summed E-state index contributed by atoms with van der Waals surface area (Å²) in [7, 11) is 4.79. The Kier molecular flexibility index (Phi) is 4.53. The molecule has 2 aliphatic carbocycles. The van der Waals surface area contributed by atoms with Gasteiger partial charge in [-0.2, -0.15) is 0 Å². The number of rotatable bonds is 5. The molecule has 7 nitrogen and oxygen atoms in total. The number of aromatic nitrogens is 2. The van der Waals surface area contributed by atoms with Crippen LogP contribution < -0.4 is 0 Å². The first kappa shape index (κ1) is 18.5. The Bertz CT molecular complexity index is 762. The van der Waals surface area contributed by atoms with E-state index < -0.39 is 0 Å². The van der Waals surface area contributed by atoms with Crippen LogP contribution in [0.25, 0.3) is 0 Å². The van der Waals surface area contributed by atoms with Gasteiger partial charge in [0.25, 0.3) is 0 Å². The number of ether oxygens (including phenoxy) is 2. The van der Waals surface area contributed by atoms with Crippen molar-refractivity contribution in [3.05, 3.63) is 17.2 Å². The van der Waals surface area contributed by atoms with E-state index >= 15 is 0 Å². The Morgan fingerprint density at radius 3 is 2.56 bits per heavy atom. The molecule has 0 saturated heterocycles. The Labute approximate surface area is 160 Å². The zero-order valence-corrected chi connectivity index (χ0v) is 16.5. The number of hydrogen-bond acceptors (Lipinski definition) is 6. The Balaban J connectivity index is 1.40. The quantitative estimate of drug-likeness (QED) is 0.734. The van der Waals surface area contributed by atoms with Gasteiger partial charge in [-0.1, -0.05) is 0 Å². The molecule has 1 aliphatic heterocycles. The largest absolute Gasteiger partial charge is 0.469 e. The molecule has 0 aromatic carbocycles. The lowest BCUT2D eigenvalue weighted by atomic mass is 9.80. The number of carbonyl (C=O) groups is 2. The van der Waals surface area contributed by atoms with Crippen LogP contribution in [0.2, 0.25) is 0 Å². The average molecular weight is 375 g/mol. The van der Waals surface area contributed by atoms with E-state index in [9.17, 15) is 9.59 Å². The zero-order chi connectivity index (χ0) is 19.2. The van der Waals surface area contributed by atoms with Gasteiger partial charge in [-0.15, -0.1) is 0 Å². The highest BCUT2D eigenvalue weighted by Gasteiger charge is 2.58. The number of methoxy groups -OCH3 is 2. The first-order chi connectivity index (χ1) is 12.9. The molecule has 7 heteroatoms. The van der Waals surface area contributed by atoms with Crippen LogP contribution in [0.5, 0.6) is 0 Å². The molecule has 148 valence electrons. The van der Waals surface area contributed by atoms with Crippen LogP contribution in [-0.4, -0.2) is 53.7 Å². The van der Waals surface area contributed by atoms with Crippen molar-refractivity contribution in [3.8, 4) is 0 Å². The number of imidazole rings is 1. The van der Waals surface area contributed by atoms with Gasteiger partial charge in [-0.25, -0.2) is 9.78 Å². The summed E-state index contributed by atoms with van der Waals surface area (Å²) in [5.41, 5.74) is 2.22. The molecule has 1 aromatic heterocycles. The highest BCUT2D eigenvalue weighted by atomic mass is 16.5. The second kappa shape index (κ2) is 6.62. The molecule has 0 unspecified atom stereocenters. The summed E-state index contributed by atoms with van der Waals surface area (Å²) in [6.45, 7) is 2.80. The van der Waals surface area contributed by atoms with Crippen molar-refractivity contribution in [2.75, 3.05) is 27.3 Å². The molecule has 27 heavy (non-hydrogen) atoms. The molecular weight excluding hydrogens is 346 g/mol. The van der Waals surface area contributed by atoms with Crippen molar-refractivity contribution in [3.63, 3.8) is 0 Å². The average Bonchev–Trinajstić information content (AvgIpc) is 3.36. The summed E-state index contributed by atoms with van der Waals surface area (Å²) in [5, 5.41) is 0. The van der Waals surface area contributed by atoms with Crippen molar-refractivity contribution in [1.29, 1.82) is 0 Å². The van der Waals surface area contributed by atoms with E-state index in [-0.39, 0.29) is 17.4 Å². The van der Waals surface area contributed by atoms with Gasteiger partial charge in [0, 0.05) is 26.6 Å². The Morgan fingerprint density at radius 1 is 1.15 bits per heavy atom.